The molecule has 0 saturated heterocycles. The lowest BCUT2D eigenvalue weighted by Gasteiger charge is -2.00. The zero-order chi connectivity index (χ0) is 12.4. The molecule has 0 saturated carbocycles. The van der Waals surface area contributed by atoms with Gasteiger partial charge in [0, 0.05) is 12.0 Å². The van der Waals surface area contributed by atoms with Gasteiger partial charge >= 0.3 is 0 Å². The number of ketones is 1. The lowest BCUT2D eigenvalue weighted by Crippen LogP contribution is -1.92. The van der Waals surface area contributed by atoms with Gasteiger partial charge in [-0.1, -0.05) is 6.92 Å². The minimum atomic E-state index is -0.306. The van der Waals surface area contributed by atoms with Gasteiger partial charge in [0.05, 0.1) is 0 Å². The van der Waals surface area contributed by atoms with E-state index in [1.165, 1.54) is 12.1 Å². The molecule has 0 radical (unpaired) electrons. The molecule has 1 aromatic carbocycles. The van der Waals surface area contributed by atoms with Crippen LogP contribution in [0.15, 0.2) is 34.7 Å². The van der Waals surface area contributed by atoms with E-state index in [2.05, 4.69) is 0 Å². The zero-order valence-corrected chi connectivity index (χ0v) is 9.79. The summed E-state index contributed by atoms with van der Waals surface area (Å²) < 4.78 is 18.7. The highest BCUT2D eigenvalue weighted by molar-refractivity contribution is 5.93. The summed E-state index contributed by atoms with van der Waals surface area (Å²) in [4.78, 5) is 11.4. The normalized spacial score (nSPS) is 10.5. The van der Waals surface area contributed by atoms with Gasteiger partial charge < -0.3 is 4.42 Å². The first-order valence-corrected chi connectivity index (χ1v) is 5.50. The number of halogens is 1. The van der Waals surface area contributed by atoms with E-state index < -0.39 is 0 Å². The molecule has 2 nitrogen and oxygen atoms in total. The Bertz CT molecular complexity index is 535. The third kappa shape index (κ3) is 2.44. The van der Waals surface area contributed by atoms with Gasteiger partial charge in [-0.3, -0.25) is 4.79 Å². The maximum atomic E-state index is 13.2. The molecule has 2 rings (SSSR count). The summed E-state index contributed by atoms with van der Waals surface area (Å²) in [5.41, 5.74) is 1.47. The Morgan fingerprint density at radius 3 is 2.71 bits per heavy atom. The van der Waals surface area contributed by atoms with Gasteiger partial charge in [0.25, 0.3) is 0 Å². The van der Waals surface area contributed by atoms with Crippen molar-refractivity contribution in [2.45, 2.75) is 20.3 Å². The number of carbonyl (C=O) groups excluding carboxylic acids is 1. The Morgan fingerprint density at radius 2 is 2.06 bits per heavy atom. The average Bonchev–Trinajstić information content (AvgIpc) is 2.76. The minimum Gasteiger partial charge on any atom is -0.453 e. The Balaban J connectivity index is 2.40. The summed E-state index contributed by atoms with van der Waals surface area (Å²) in [6, 6.07) is 7.98. The molecule has 0 unspecified atom stereocenters. The number of carbonyl (C=O) groups is 1. The van der Waals surface area contributed by atoms with Gasteiger partial charge in [0.2, 0.25) is 0 Å². The highest BCUT2D eigenvalue weighted by Gasteiger charge is 2.11. The molecule has 3 heteroatoms. The summed E-state index contributed by atoms with van der Waals surface area (Å²) in [6.45, 7) is 3.59. The second kappa shape index (κ2) is 4.53. The van der Waals surface area contributed by atoms with Crippen LogP contribution in [0.1, 0.15) is 29.5 Å². The van der Waals surface area contributed by atoms with Crippen molar-refractivity contribution in [3.05, 3.63) is 47.5 Å². The molecule has 1 aromatic heterocycles. The topological polar surface area (TPSA) is 30.2 Å². The quantitative estimate of drug-likeness (QED) is 0.749. The summed E-state index contributed by atoms with van der Waals surface area (Å²) in [5.74, 6) is 0.484. The monoisotopic (exact) mass is 232 g/mol. The second-order valence-electron chi connectivity index (χ2n) is 3.96. The molecule has 0 atom stereocenters. The third-order valence-electron chi connectivity index (χ3n) is 2.53. The predicted octanol–water partition coefficient (Wildman–Crippen LogP) is 3.99. The van der Waals surface area contributed by atoms with Crippen LogP contribution >= 0.6 is 0 Å². The van der Waals surface area contributed by atoms with Crippen molar-refractivity contribution >= 4 is 5.78 Å². The van der Waals surface area contributed by atoms with Crippen LogP contribution in [0.25, 0.3) is 11.3 Å². The van der Waals surface area contributed by atoms with Crippen molar-refractivity contribution in [1.29, 1.82) is 0 Å². The molecular weight excluding hydrogens is 219 g/mol. The second-order valence-corrected chi connectivity index (χ2v) is 3.96. The third-order valence-corrected chi connectivity index (χ3v) is 2.53. The Labute approximate surface area is 99.1 Å². The number of benzene rings is 1. The van der Waals surface area contributed by atoms with Crippen LogP contribution in [0.5, 0.6) is 0 Å². The number of aryl methyl sites for hydroxylation is 1. The highest BCUT2D eigenvalue weighted by atomic mass is 19.1. The van der Waals surface area contributed by atoms with Crippen LogP contribution < -0.4 is 0 Å². The van der Waals surface area contributed by atoms with Crippen LogP contribution in [-0.4, -0.2) is 5.78 Å². The maximum Gasteiger partial charge on any atom is 0.197 e. The fourth-order valence-electron chi connectivity index (χ4n) is 1.70. The summed E-state index contributed by atoms with van der Waals surface area (Å²) in [6.07, 6.45) is 0.398. The molecule has 0 aliphatic carbocycles. The fourth-order valence-corrected chi connectivity index (χ4v) is 1.70. The number of rotatable bonds is 3. The van der Waals surface area contributed by atoms with Crippen LogP contribution in [0.3, 0.4) is 0 Å². The van der Waals surface area contributed by atoms with Crippen LogP contribution in [-0.2, 0) is 0 Å². The molecule has 0 amide bonds. The average molecular weight is 232 g/mol. The Morgan fingerprint density at radius 1 is 1.29 bits per heavy atom. The molecule has 2 aromatic rings. The molecule has 0 aliphatic heterocycles. The molecule has 17 heavy (non-hydrogen) atoms. The van der Waals surface area contributed by atoms with E-state index in [4.69, 9.17) is 4.42 Å². The van der Waals surface area contributed by atoms with E-state index in [0.717, 1.165) is 5.56 Å². The molecule has 0 spiro atoms. The first kappa shape index (κ1) is 11.6. The van der Waals surface area contributed by atoms with Gasteiger partial charge in [0.1, 0.15) is 11.6 Å². The summed E-state index contributed by atoms with van der Waals surface area (Å²) in [7, 11) is 0. The largest absolute Gasteiger partial charge is 0.453 e. The number of furan rings is 1. The van der Waals surface area contributed by atoms with Crippen LogP contribution in [0.4, 0.5) is 4.39 Å². The first-order valence-electron chi connectivity index (χ1n) is 5.50. The van der Waals surface area contributed by atoms with E-state index in [1.54, 1.807) is 19.1 Å². The zero-order valence-electron chi connectivity index (χ0n) is 9.79. The SMILES string of the molecule is CCC(=O)c1ccc(-c2cc(C)cc(F)c2)o1. The Hall–Kier alpha value is -1.90. The van der Waals surface area contributed by atoms with Gasteiger partial charge in [-0.15, -0.1) is 0 Å². The Kier molecular flexibility index (Phi) is 3.09. The van der Waals surface area contributed by atoms with Crippen molar-refractivity contribution in [3.63, 3.8) is 0 Å². The van der Waals surface area contributed by atoms with E-state index in [9.17, 15) is 9.18 Å². The van der Waals surface area contributed by atoms with Gasteiger partial charge in [-0.25, -0.2) is 4.39 Å². The maximum absolute atomic E-state index is 13.2. The first-order chi connectivity index (χ1) is 8.10. The van der Waals surface area contributed by atoms with Crippen molar-refractivity contribution in [2.24, 2.45) is 0 Å². The smallest absolute Gasteiger partial charge is 0.197 e. The lowest BCUT2D eigenvalue weighted by molar-refractivity contribution is 0.0962. The van der Waals surface area contributed by atoms with Crippen molar-refractivity contribution < 1.29 is 13.6 Å². The molecule has 0 aliphatic rings. The van der Waals surface area contributed by atoms with E-state index in [-0.39, 0.29) is 11.6 Å². The summed E-state index contributed by atoms with van der Waals surface area (Å²) >= 11 is 0. The number of hydrogen-bond donors (Lipinski definition) is 0. The number of hydrogen-bond acceptors (Lipinski definition) is 2. The van der Waals surface area contributed by atoms with Crippen molar-refractivity contribution in [3.8, 4) is 11.3 Å². The molecule has 0 N–H and O–H groups in total. The standard InChI is InChI=1S/C14H13FO2/c1-3-12(16)14-5-4-13(17-14)10-6-9(2)7-11(15)8-10/h4-8H,3H2,1-2H3. The van der Waals surface area contributed by atoms with Gasteiger partial charge in [-0.2, -0.15) is 0 Å². The summed E-state index contributed by atoms with van der Waals surface area (Å²) in [5, 5.41) is 0. The van der Waals surface area contributed by atoms with Crippen molar-refractivity contribution in [2.75, 3.05) is 0 Å². The molecular formula is C14H13FO2. The fraction of sp³-hybridized carbons (Fsp3) is 0.214. The van der Waals surface area contributed by atoms with Gasteiger partial charge in [0.15, 0.2) is 11.5 Å². The molecule has 0 fully saturated rings. The minimum absolute atomic E-state index is 0.0515. The lowest BCUT2D eigenvalue weighted by atomic mass is 10.1. The molecule has 1 heterocycles. The van der Waals surface area contributed by atoms with E-state index in [0.29, 0.717) is 23.5 Å². The van der Waals surface area contributed by atoms with Crippen LogP contribution in [0, 0.1) is 12.7 Å². The highest BCUT2D eigenvalue weighted by Crippen LogP contribution is 2.24. The van der Waals surface area contributed by atoms with E-state index >= 15 is 0 Å². The molecule has 88 valence electrons. The van der Waals surface area contributed by atoms with Crippen molar-refractivity contribution in [1.82, 2.24) is 0 Å². The van der Waals surface area contributed by atoms with Gasteiger partial charge in [-0.05, 0) is 42.8 Å². The van der Waals surface area contributed by atoms with E-state index in [1.807, 2.05) is 13.0 Å². The van der Waals surface area contributed by atoms with Crippen LogP contribution in [0.2, 0.25) is 0 Å². The number of Topliss-reactive ketones (excluding diaryl/α,β-unsaturated/α-hetero) is 1. The predicted molar refractivity (Wildman–Crippen MR) is 63.5 cm³/mol. The molecule has 0 bridgehead atoms.